The third kappa shape index (κ3) is 4.74. The van der Waals surface area contributed by atoms with Gasteiger partial charge in [-0.05, 0) is 52.0 Å². The molecule has 1 aliphatic rings. The SMILES string of the molecule is COc1c(C2=CC=CC=CN2C(=O)OC(C)(C)C)cc(F)cc1-c1cnc(C)cn1. The summed E-state index contributed by atoms with van der Waals surface area (Å²) in [6, 6.07) is 2.66. The third-order valence-electron chi connectivity index (χ3n) is 4.15. The van der Waals surface area contributed by atoms with Gasteiger partial charge in [0.05, 0.1) is 30.4 Å². The highest BCUT2D eigenvalue weighted by Gasteiger charge is 2.27. The second-order valence-corrected chi connectivity index (χ2v) is 7.71. The van der Waals surface area contributed by atoms with Crippen LogP contribution < -0.4 is 4.74 Å². The van der Waals surface area contributed by atoms with Gasteiger partial charge in [-0.15, -0.1) is 0 Å². The van der Waals surface area contributed by atoms with Crippen molar-refractivity contribution in [2.75, 3.05) is 7.11 Å². The van der Waals surface area contributed by atoms with Crippen molar-refractivity contribution in [1.82, 2.24) is 14.9 Å². The van der Waals surface area contributed by atoms with Gasteiger partial charge in [-0.1, -0.05) is 12.2 Å². The topological polar surface area (TPSA) is 64.5 Å². The van der Waals surface area contributed by atoms with E-state index in [2.05, 4.69) is 9.97 Å². The Hall–Kier alpha value is -3.48. The summed E-state index contributed by atoms with van der Waals surface area (Å²) in [7, 11) is 1.49. The molecule has 7 heteroatoms. The fourth-order valence-corrected chi connectivity index (χ4v) is 2.92. The number of aromatic nitrogens is 2. The Kier molecular flexibility index (Phi) is 6.01. The molecule has 2 heterocycles. The molecule has 0 spiro atoms. The smallest absolute Gasteiger partial charge is 0.418 e. The second kappa shape index (κ2) is 8.49. The summed E-state index contributed by atoms with van der Waals surface area (Å²) in [5.74, 6) is -0.122. The highest BCUT2D eigenvalue weighted by molar-refractivity contribution is 5.88. The zero-order valence-electron chi connectivity index (χ0n) is 17.6. The molecule has 0 fully saturated rings. The van der Waals surface area contributed by atoms with Crippen molar-refractivity contribution in [3.63, 3.8) is 0 Å². The van der Waals surface area contributed by atoms with Gasteiger partial charge in [-0.2, -0.15) is 0 Å². The van der Waals surface area contributed by atoms with Crippen LogP contribution in [0, 0.1) is 12.7 Å². The Morgan fingerprint density at radius 3 is 2.43 bits per heavy atom. The Labute approximate surface area is 175 Å². The van der Waals surface area contributed by atoms with Crippen molar-refractivity contribution in [1.29, 1.82) is 0 Å². The molecule has 0 radical (unpaired) electrons. The van der Waals surface area contributed by atoms with Crippen LogP contribution in [0.25, 0.3) is 17.0 Å². The standard InChI is InChI=1S/C23H24FN3O3/c1-15-13-26-19(14-25-15)17-11-16(24)12-18(21(17)29-5)20-9-7-6-8-10-27(20)22(28)30-23(2,3)4/h6-14H,1-5H3. The molecule has 0 unspecified atom stereocenters. The molecule has 30 heavy (non-hydrogen) atoms. The summed E-state index contributed by atoms with van der Waals surface area (Å²) in [5.41, 5.74) is 1.74. The Balaban J connectivity index is 2.15. The Bertz CT molecular complexity index is 1030. The van der Waals surface area contributed by atoms with Gasteiger partial charge >= 0.3 is 6.09 Å². The van der Waals surface area contributed by atoms with Gasteiger partial charge in [-0.3, -0.25) is 14.9 Å². The molecule has 156 valence electrons. The molecule has 0 saturated heterocycles. The largest absolute Gasteiger partial charge is 0.495 e. The number of ether oxygens (including phenoxy) is 2. The van der Waals surface area contributed by atoms with E-state index < -0.39 is 17.5 Å². The lowest BCUT2D eigenvalue weighted by molar-refractivity contribution is 0.0413. The molecule has 1 aromatic carbocycles. The second-order valence-electron chi connectivity index (χ2n) is 7.71. The number of aryl methyl sites for hydroxylation is 1. The lowest BCUT2D eigenvalue weighted by Gasteiger charge is -2.27. The van der Waals surface area contributed by atoms with Crippen molar-refractivity contribution >= 4 is 11.8 Å². The number of carbonyl (C=O) groups excluding carboxylic acids is 1. The molecule has 6 nitrogen and oxygen atoms in total. The van der Waals surface area contributed by atoms with E-state index >= 15 is 0 Å². The van der Waals surface area contributed by atoms with E-state index in [-0.39, 0.29) is 0 Å². The first-order valence-electron chi connectivity index (χ1n) is 9.44. The van der Waals surface area contributed by atoms with Gasteiger partial charge in [0, 0.05) is 23.5 Å². The van der Waals surface area contributed by atoms with Crippen LogP contribution in [0.5, 0.6) is 5.75 Å². The minimum Gasteiger partial charge on any atom is -0.495 e. The zero-order valence-corrected chi connectivity index (χ0v) is 17.6. The van der Waals surface area contributed by atoms with E-state index in [0.29, 0.717) is 28.3 Å². The monoisotopic (exact) mass is 409 g/mol. The van der Waals surface area contributed by atoms with E-state index in [9.17, 15) is 9.18 Å². The minimum absolute atomic E-state index is 0.373. The van der Waals surface area contributed by atoms with Crippen LogP contribution in [0.1, 0.15) is 32.0 Å². The van der Waals surface area contributed by atoms with Crippen molar-refractivity contribution in [3.8, 4) is 17.0 Å². The van der Waals surface area contributed by atoms with Gasteiger partial charge in [0.1, 0.15) is 17.2 Å². The summed E-state index contributed by atoms with van der Waals surface area (Å²) in [5, 5.41) is 0. The zero-order chi connectivity index (χ0) is 21.9. The lowest BCUT2D eigenvalue weighted by Crippen LogP contribution is -2.32. The first kappa shape index (κ1) is 21.2. The van der Waals surface area contributed by atoms with Gasteiger partial charge in [0.15, 0.2) is 0 Å². The number of carbonyl (C=O) groups is 1. The molecule has 1 aliphatic heterocycles. The maximum Gasteiger partial charge on any atom is 0.418 e. The fraction of sp³-hybridized carbons (Fsp3) is 0.261. The highest BCUT2D eigenvalue weighted by Crippen LogP contribution is 2.38. The molecule has 0 atom stereocenters. The molecule has 0 bridgehead atoms. The van der Waals surface area contributed by atoms with Crippen LogP contribution in [-0.2, 0) is 4.74 Å². The molecule has 1 aromatic heterocycles. The summed E-state index contributed by atoms with van der Waals surface area (Å²) in [4.78, 5) is 22.8. The normalized spacial score (nSPS) is 13.7. The average molecular weight is 409 g/mol. The quantitative estimate of drug-likeness (QED) is 0.692. The molecule has 0 N–H and O–H groups in total. The number of nitrogens with zero attached hydrogens (tertiary/aromatic N) is 3. The summed E-state index contributed by atoms with van der Waals surface area (Å²) >= 11 is 0. The molecule has 0 saturated carbocycles. The average Bonchev–Trinajstić information content (AvgIpc) is 2.92. The number of allylic oxidation sites excluding steroid dienone is 4. The number of methoxy groups -OCH3 is 1. The molecule has 3 rings (SSSR count). The lowest BCUT2D eigenvalue weighted by atomic mass is 10.0. The number of amides is 1. The molecule has 1 amide bonds. The fourth-order valence-electron chi connectivity index (χ4n) is 2.92. The number of halogens is 1. The maximum atomic E-state index is 14.7. The first-order chi connectivity index (χ1) is 14.2. The summed E-state index contributed by atoms with van der Waals surface area (Å²) in [6.07, 6.45) is 11.1. The number of benzene rings is 1. The van der Waals surface area contributed by atoms with E-state index in [1.165, 1.54) is 24.1 Å². The van der Waals surface area contributed by atoms with Crippen LogP contribution in [0.15, 0.2) is 55.0 Å². The summed E-state index contributed by atoms with van der Waals surface area (Å²) < 4.78 is 25.8. The molecular weight excluding hydrogens is 385 g/mol. The Morgan fingerprint density at radius 2 is 1.80 bits per heavy atom. The van der Waals surface area contributed by atoms with Crippen molar-refractivity contribution in [2.24, 2.45) is 0 Å². The van der Waals surface area contributed by atoms with Crippen LogP contribution in [-0.4, -0.2) is 33.7 Å². The highest BCUT2D eigenvalue weighted by atomic mass is 19.1. The third-order valence-corrected chi connectivity index (χ3v) is 4.15. The predicted molar refractivity (Wildman–Crippen MR) is 113 cm³/mol. The van der Waals surface area contributed by atoms with Crippen LogP contribution in [0.4, 0.5) is 9.18 Å². The van der Waals surface area contributed by atoms with E-state index in [0.717, 1.165) is 5.69 Å². The first-order valence-corrected chi connectivity index (χ1v) is 9.44. The number of rotatable bonds is 3. The van der Waals surface area contributed by atoms with Crippen LogP contribution in [0.3, 0.4) is 0 Å². The van der Waals surface area contributed by atoms with E-state index in [1.807, 2.05) is 6.92 Å². The molecule has 2 aromatic rings. The summed E-state index contributed by atoms with van der Waals surface area (Å²) in [6.45, 7) is 7.17. The van der Waals surface area contributed by atoms with Crippen LogP contribution >= 0.6 is 0 Å². The van der Waals surface area contributed by atoms with E-state index in [4.69, 9.17) is 9.47 Å². The van der Waals surface area contributed by atoms with Crippen molar-refractivity contribution < 1.29 is 18.7 Å². The van der Waals surface area contributed by atoms with E-state index in [1.54, 1.807) is 63.7 Å². The molecule has 0 aliphatic carbocycles. The van der Waals surface area contributed by atoms with Gasteiger partial charge in [0.25, 0.3) is 0 Å². The maximum absolute atomic E-state index is 14.7. The van der Waals surface area contributed by atoms with Crippen molar-refractivity contribution in [2.45, 2.75) is 33.3 Å². The van der Waals surface area contributed by atoms with Gasteiger partial charge < -0.3 is 9.47 Å². The Morgan fingerprint density at radius 1 is 1.07 bits per heavy atom. The van der Waals surface area contributed by atoms with Gasteiger partial charge in [-0.25, -0.2) is 9.18 Å². The predicted octanol–water partition coefficient (Wildman–Crippen LogP) is 5.26. The molecular formula is C23H24FN3O3. The van der Waals surface area contributed by atoms with Crippen LogP contribution in [0.2, 0.25) is 0 Å². The van der Waals surface area contributed by atoms with Crippen molar-refractivity contribution in [3.05, 3.63) is 72.1 Å². The minimum atomic E-state index is -0.690. The number of hydrogen-bond donors (Lipinski definition) is 0. The number of hydrogen-bond acceptors (Lipinski definition) is 5. The van der Waals surface area contributed by atoms with Gasteiger partial charge in [0.2, 0.25) is 0 Å².